The number of aliphatic carboxylic acids is 1. The fourth-order valence-corrected chi connectivity index (χ4v) is 2.57. The Morgan fingerprint density at radius 1 is 1.17 bits per heavy atom. The molecule has 0 saturated heterocycles. The molecule has 0 amide bonds. The molecule has 2 N–H and O–H groups in total. The molecule has 3 heteroatoms. The molecule has 1 aliphatic carbocycles. The Morgan fingerprint density at radius 2 is 1.72 bits per heavy atom. The zero-order valence-corrected chi connectivity index (χ0v) is 10.5. The van der Waals surface area contributed by atoms with Gasteiger partial charge in [-0.2, -0.15) is 0 Å². The fraction of sp³-hybridized carbons (Fsp3) is 0.400. The van der Waals surface area contributed by atoms with Crippen molar-refractivity contribution in [3.63, 3.8) is 0 Å². The third-order valence-corrected chi connectivity index (χ3v) is 3.80. The number of hydrogen-bond acceptors (Lipinski definition) is 2. The van der Waals surface area contributed by atoms with Crippen LogP contribution in [0.25, 0.3) is 0 Å². The van der Waals surface area contributed by atoms with Crippen molar-refractivity contribution in [2.45, 2.75) is 38.5 Å². The molecule has 0 aliphatic heterocycles. The third kappa shape index (κ3) is 2.73. The molecular weight excluding hydrogens is 228 g/mol. The van der Waals surface area contributed by atoms with Gasteiger partial charge in [-0.25, -0.2) is 4.79 Å². The molecule has 0 spiro atoms. The second-order valence-electron chi connectivity index (χ2n) is 4.90. The summed E-state index contributed by atoms with van der Waals surface area (Å²) in [6.45, 7) is 1.69. The van der Waals surface area contributed by atoms with Crippen LogP contribution in [0, 0.1) is 0 Å². The van der Waals surface area contributed by atoms with E-state index in [0.29, 0.717) is 11.5 Å². The average molecular weight is 246 g/mol. The van der Waals surface area contributed by atoms with Gasteiger partial charge in [0.2, 0.25) is 0 Å². The van der Waals surface area contributed by atoms with Gasteiger partial charge in [0, 0.05) is 5.57 Å². The number of phenols is 1. The smallest absolute Gasteiger partial charge is 0.331 e. The molecule has 1 aromatic carbocycles. The lowest BCUT2D eigenvalue weighted by molar-refractivity contribution is -0.132. The van der Waals surface area contributed by atoms with Crippen LogP contribution < -0.4 is 0 Å². The monoisotopic (exact) mass is 246 g/mol. The minimum absolute atomic E-state index is 0.289. The largest absolute Gasteiger partial charge is 0.508 e. The zero-order chi connectivity index (χ0) is 13.1. The van der Waals surface area contributed by atoms with Crippen LogP contribution in [0.15, 0.2) is 35.4 Å². The number of phenolic OH excluding ortho intramolecular Hbond substituents is 1. The Balaban J connectivity index is 2.05. The molecule has 3 nitrogen and oxygen atoms in total. The van der Waals surface area contributed by atoms with Gasteiger partial charge in [0.15, 0.2) is 0 Å². The van der Waals surface area contributed by atoms with Crippen LogP contribution in [0.1, 0.15) is 44.1 Å². The van der Waals surface area contributed by atoms with Gasteiger partial charge >= 0.3 is 5.97 Å². The highest BCUT2D eigenvalue weighted by molar-refractivity contribution is 5.86. The summed E-state index contributed by atoms with van der Waals surface area (Å²) < 4.78 is 0. The van der Waals surface area contributed by atoms with Gasteiger partial charge in [-0.3, -0.25) is 0 Å². The minimum Gasteiger partial charge on any atom is -0.508 e. The average Bonchev–Trinajstić information content (AvgIpc) is 2.39. The van der Waals surface area contributed by atoms with Crippen molar-refractivity contribution in [2.75, 3.05) is 0 Å². The second kappa shape index (κ2) is 5.25. The zero-order valence-electron chi connectivity index (χ0n) is 10.5. The van der Waals surface area contributed by atoms with E-state index in [-0.39, 0.29) is 5.75 Å². The molecule has 0 radical (unpaired) electrons. The maximum atomic E-state index is 10.9. The van der Waals surface area contributed by atoms with E-state index in [1.807, 2.05) is 12.1 Å². The topological polar surface area (TPSA) is 57.5 Å². The number of carboxylic acids is 1. The van der Waals surface area contributed by atoms with Crippen molar-refractivity contribution >= 4 is 5.97 Å². The molecule has 1 fully saturated rings. The third-order valence-electron chi connectivity index (χ3n) is 3.80. The van der Waals surface area contributed by atoms with Crippen LogP contribution in [0.3, 0.4) is 0 Å². The lowest BCUT2D eigenvalue weighted by Crippen LogP contribution is -2.10. The predicted octanol–water partition coefficient (Wildman–Crippen LogP) is 3.45. The maximum Gasteiger partial charge on any atom is 0.331 e. The van der Waals surface area contributed by atoms with Gasteiger partial charge in [-0.05, 0) is 56.2 Å². The summed E-state index contributed by atoms with van der Waals surface area (Å²) in [5.74, 6) is -0.0269. The summed E-state index contributed by atoms with van der Waals surface area (Å²) in [5, 5.41) is 18.2. The number of rotatable bonds is 2. The fourth-order valence-electron chi connectivity index (χ4n) is 2.57. The van der Waals surface area contributed by atoms with Gasteiger partial charge in [-0.15, -0.1) is 0 Å². The van der Waals surface area contributed by atoms with Crippen LogP contribution in [0.5, 0.6) is 5.75 Å². The molecule has 0 heterocycles. The molecule has 1 aliphatic rings. The van der Waals surface area contributed by atoms with E-state index in [9.17, 15) is 9.90 Å². The Bertz CT molecular complexity index is 461. The molecule has 0 aromatic heterocycles. The highest BCUT2D eigenvalue weighted by atomic mass is 16.4. The molecule has 0 atom stereocenters. The summed E-state index contributed by atoms with van der Waals surface area (Å²) in [6, 6.07) is 7.34. The van der Waals surface area contributed by atoms with Gasteiger partial charge in [0.25, 0.3) is 0 Å². The van der Waals surface area contributed by atoms with E-state index in [2.05, 4.69) is 0 Å². The Labute approximate surface area is 107 Å². The van der Waals surface area contributed by atoms with Gasteiger partial charge in [-0.1, -0.05) is 17.7 Å². The number of aromatic hydroxyl groups is 1. The number of carboxylic acid groups (broad SMARTS) is 1. The molecule has 2 rings (SSSR count). The van der Waals surface area contributed by atoms with Crippen molar-refractivity contribution in [1.29, 1.82) is 0 Å². The van der Waals surface area contributed by atoms with Crippen molar-refractivity contribution in [3.8, 4) is 5.75 Å². The Morgan fingerprint density at radius 3 is 2.22 bits per heavy atom. The number of hydrogen-bond donors (Lipinski definition) is 2. The molecule has 18 heavy (non-hydrogen) atoms. The number of benzene rings is 1. The first-order valence-electron chi connectivity index (χ1n) is 6.28. The predicted molar refractivity (Wildman–Crippen MR) is 69.7 cm³/mol. The van der Waals surface area contributed by atoms with E-state index in [0.717, 1.165) is 31.3 Å². The van der Waals surface area contributed by atoms with Gasteiger partial charge in [0.05, 0.1) is 0 Å². The van der Waals surface area contributed by atoms with E-state index >= 15 is 0 Å². The first-order valence-corrected chi connectivity index (χ1v) is 6.28. The maximum absolute atomic E-state index is 10.9. The van der Waals surface area contributed by atoms with Gasteiger partial charge < -0.3 is 10.2 Å². The molecular formula is C15H18O3. The van der Waals surface area contributed by atoms with E-state index in [4.69, 9.17) is 5.11 Å². The highest BCUT2D eigenvalue weighted by Crippen LogP contribution is 2.36. The van der Waals surface area contributed by atoms with Crippen LogP contribution in [0.4, 0.5) is 0 Å². The van der Waals surface area contributed by atoms with Crippen LogP contribution in [0.2, 0.25) is 0 Å². The molecule has 0 unspecified atom stereocenters. The standard InChI is InChI=1S/C15H18O3/c1-10(15(17)18)11-2-4-12(5-3-11)13-6-8-14(16)9-7-13/h6-9,12,16H,2-5H2,1H3,(H,17,18). The van der Waals surface area contributed by atoms with Crippen molar-refractivity contribution in [2.24, 2.45) is 0 Å². The highest BCUT2D eigenvalue weighted by Gasteiger charge is 2.21. The lowest BCUT2D eigenvalue weighted by atomic mass is 9.80. The van der Waals surface area contributed by atoms with Crippen molar-refractivity contribution in [3.05, 3.63) is 41.0 Å². The van der Waals surface area contributed by atoms with E-state index < -0.39 is 5.97 Å². The summed E-state index contributed by atoms with van der Waals surface area (Å²) in [5.41, 5.74) is 2.83. The summed E-state index contributed by atoms with van der Waals surface area (Å²) in [7, 11) is 0. The molecule has 96 valence electrons. The number of carbonyl (C=O) groups is 1. The second-order valence-corrected chi connectivity index (χ2v) is 4.90. The van der Waals surface area contributed by atoms with Crippen molar-refractivity contribution < 1.29 is 15.0 Å². The van der Waals surface area contributed by atoms with E-state index in [1.165, 1.54) is 5.56 Å². The number of allylic oxidation sites excluding steroid dienone is 1. The van der Waals surface area contributed by atoms with Crippen LogP contribution in [-0.4, -0.2) is 16.2 Å². The Hall–Kier alpha value is -1.77. The first-order chi connectivity index (χ1) is 8.58. The van der Waals surface area contributed by atoms with E-state index in [1.54, 1.807) is 19.1 Å². The van der Waals surface area contributed by atoms with Crippen molar-refractivity contribution in [1.82, 2.24) is 0 Å². The lowest BCUT2D eigenvalue weighted by Gasteiger charge is -2.25. The summed E-state index contributed by atoms with van der Waals surface area (Å²) in [4.78, 5) is 10.9. The van der Waals surface area contributed by atoms with Gasteiger partial charge in [0.1, 0.15) is 5.75 Å². The van der Waals surface area contributed by atoms with Crippen LogP contribution in [-0.2, 0) is 4.79 Å². The molecule has 0 bridgehead atoms. The first kappa shape index (κ1) is 12.7. The summed E-state index contributed by atoms with van der Waals surface area (Å²) in [6.07, 6.45) is 3.71. The molecule has 1 aromatic rings. The normalized spacial score (nSPS) is 19.6. The Kier molecular flexibility index (Phi) is 3.70. The quantitative estimate of drug-likeness (QED) is 0.786. The minimum atomic E-state index is -0.798. The summed E-state index contributed by atoms with van der Waals surface area (Å²) >= 11 is 0. The SMILES string of the molecule is CC(C(=O)O)=C1CCC(c2ccc(O)cc2)CC1. The molecule has 1 saturated carbocycles. The van der Waals surface area contributed by atoms with Crippen LogP contribution >= 0.6 is 0 Å².